The van der Waals surface area contributed by atoms with Crippen LogP contribution in [0.5, 0.6) is 0 Å². The summed E-state index contributed by atoms with van der Waals surface area (Å²) in [6.45, 7) is 15.2. The molecule has 2 aromatic rings. The molecule has 1 aliphatic heterocycles. The van der Waals surface area contributed by atoms with Gasteiger partial charge < -0.3 is 26.0 Å². The lowest BCUT2D eigenvalue weighted by molar-refractivity contribution is 0.122. The second-order valence-electron chi connectivity index (χ2n) is 9.55. The molecule has 0 spiro atoms. The number of aryl methyl sites for hydroxylation is 1. The second-order valence-corrected chi connectivity index (χ2v) is 9.55. The number of ether oxygens (including phenoxy) is 1. The predicted molar refractivity (Wildman–Crippen MR) is 157 cm³/mol. The topological polar surface area (TPSA) is 110 Å². The third-order valence-corrected chi connectivity index (χ3v) is 6.53. The molecular weight excluding hydrogens is 478 g/mol. The number of anilines is 2. The molecule has 0 radical (unpaired) electrons. The van der Waals surface area contributed by atoms with Crippen molar-refractivity contribution in [2.24, 2.45) is 11.7 Å². The molecule has 0 bridgehead atoms. The summed E-state index contributed by atoms with van der Waals surface area (Å²) in [6.07, 6.45) is 10.5. The van der Waals surface area contributed by atoms with Gasteiger partial charge in [-0.2, -0.15) is 4.98 Å². The molecule has 214 valence electrons. The summed E-state index contributed by atoms with van der Waals surface area (Å²) in [5.41, 5.74) is 6.74. The van der Waals surface area contributed by atoms with Crippen LogP contribution in [0.4, 0.5) is 11.6 Å². The van der Waals surface area contributed by atoms with E-state index >= 15 is 0 Å². The summed E-state index contributed by atoms with van der Waals surface area (Å²) in [6, 6.07) is 6.04. The lowest BCUT2D eigenvalue weighted by atomic mass is 10.1. The van der Waals surface area contributed by atoms with E-state index < -0.39 is 0 Å². The third kappa shape index (κ3) is 12.5. The molecule has 3 heterocycles. The summed E-state index contributed by atoms with van der Waals surface area (Å²) in [5.74, 6) is 2.05. The Kier molecular flexibility index (Phi) is 15.8. The average Bonchev–Trinajstić information content (AvgIpc) is 3.78. The van der Waals surface area contributed by atoms with Crippen LogP contribution in [0.3, 0.4) is 0 Å². The minimum atomic E-state index is -0.241. The largest absolute Gasteiger partial charge is 0.375 e. The van der Waals surface area contributed by atoms with Gasteiger partial charge in [0, 0.05) is 31.5 Å². The summed E-state index contributed by atoms with van der Waals surface area (Å²) < 4.78 is 7.37. The smallest absolute Gasteiger partial charge is 0.349 e. The normalized spacial score (nSPS) is 15.7. The number of hydrogen-bond acceptors (Lipinski definition) is 8. The molecule has 0 atom stereocenters. The second kappa shape index (κ2) is 18.8. The quantitative estimate of drug-likeness (QED) is 0.313. The lowest BCUT2D eigenvalue weighted by Gasteiger charge is -2.29. The van der Waals surface area contributed by atoms with Crippen molar-refractivity contribution in [1.82, 2.24) is 24.8 Å². The van der Waals surface area contributed by atoms with Gasteiger partial charge in [-0.25, -0.2) is 9.78 Å². The van der Waals surface area contributed by atoms with Gasteiger partial charge in [-0.3, -0.25) is 4.57 Å². The van der Waals surface area contributed by atoms with Crippen molar-refractivity contribution in [2.75, 3.05) is 44.6 Å². The maximum Gasteiger partial charge on any atom is 0.349 e. The molecule has 38 heavy (non-hydrogen) atoms. The van der Waals surface area contributed by atoms with E-state index in [-0.39, 0.29) is 5.69 Å². The summed E-state index contributed by atoms with van der Waals surface area (Å²) >= 11 is 0. The van der Waals surface area contributed by atoms with Gasteiger partial charge in [0.15, 0.2) is 0 Å². The fourth-order valence-electron chi connectivity index (χ4n) is 4.14. The number of nitrogens with two attached hydrogens (primary N) is 1. The van der Waals surface area contributed by atoms with Crippen molar-refractivity contribution in [1.29, 1.82) is 0 Å². The molecule has 1 saturated heterocycles. The van der Waals surface area contributed by atoms with Gasteiger partial charge in [-0.1, -0.05) is 33.8 Å². The standard InChI is InChI=1S/C25H39N7O2.2C2H6/c26-22-7-13-31(14-8-22)11-1-2-12-32-15-9-24(30-25(32)33)29-23-6-5-21(18-28-23)19-34-16-10-27-17-20-3-4-20;2*1-2/h5-6,9,15,18,20,22,27H,1-4,7-8,10-14,16-17,19,26H2,(H,28,29,30,33);2*1-2H3. The highest BCUT2D eigenvalue weighted by Gasteiger charge is 2.20. The van der Waals surface area contributed by atoms with E-state index in [2.05, 4.69) is 25.5 Å². The number of nitrogens with one attached hydrogen (secondary N) is 2. The molecule has 1 saturated carbocycles. The van der Waals surface area contributed by atoms with Crippen molar-refractivity contribution < 1.29 is 4.74 Å². The number of unbranched alkanes of at least 4 members (excludes halogenated alkanes) is 1. The molecular formula is C29H51N7O2. The SMILES string of the molecule is CC.CC.NC1CCN(CCCCn2ccc(Nc3ccc(COCCNCC4CC4)cn3)nc2=O)CC1. The molecule has 4 rings (SSSR count). The Morgan fingerprint density at radius 1 is 1.00 bits per heavy atom. The molecule has 2 aromatic heterocycles. The third-order valence-electron chi connectivity index (χ3n) is 6.53. The zero-order valence-corrected chi connectivity index (χ0v) is 24.1. The number of aromatic nitrogens is 3. The van der Waals surface area contributed by atoms with Crippen LogP contribution < -0.4 is 22.1 Å². The van der Waals surface area contributed by atoms with Crippen molar-refractivity contribution in [3.63, 3.8) is 0 Å². The Bertz CT molecular complexity index is 923. The van der Waals surface area contributed by atoms with E-state index in [1.54, 1.807) is 17.0 Å². The van der Waals surface area contributed by atoms with Gasteiger partial charge >= 0.3 is 5.69 Å². The minimum absolute atomic E-state index is 0.241. The Labute approximate surface area is 229 Å². The van der Waals surface area contributed by atoms with E-state index in [0.717, 1.165) is 69.9 Å². The van der Waals surface area contributed by atoms with Gasteiger partial charge in [0.2, 0.25) is 0 Å². The number of likely N-dealkylation sites (tertiary alicyclic amines) is 1. The van der Waals surface area contributed by atoms with Crippen LogP contribution >= 0.6 is 0 Å². The molecule has 0 unspecified atom stereocenters. The number of piperidine rings is 1. The zero-order chi connectivity index (χ0) is 27.6. The first-order chi connectivity index (χ1) is 18.7. The van der Waals surface area contributed by atoms with Gasteiger partial charge in [-0.15, -0.1) is 0 Å². The molecule has 9 heteroatoms. The molecule has 2 aliphatic rings. The molecule has 4 N–H and O–H groups in total. The molecule has 1 aliphatic carbocycles. The number of rotatable bonds is 14. The summed E-state index contributed by atoms with van der Waals surface area (Å²) in [4.78, 5) is 23.4. The van der Waals surface area contributed by atoms with Crippen LogP contribution in [-0.2, 0) is 17.9 Å². The van der Waals surface area contributed by atoms with Gasteiger partial charge in [0.25, 0.3) is 0 Å². The van der Waals surface area contributed by atoms with Crippen LogP contribution in [0.2, 0.25) is 0 Å². The van der Waals surface area contributed by atoms with E-state index in [0.29, 0.717) is 37.4 Å². The van der Waals surface area contributed by atoms with Gasteiger partial charge in [-0.05, 0) is 88.3 Å². The molecule has 2 fully saturated rings. The zero-order valence-electron chi connectivity index (χ0n) is 24.1. The highest BCUT2D eigenvalue weighted by atomic mass is 16.5. The van der Waals surface area contributed by atoms with E-state index in [9.17, 15) is 4.79 Å². The van der Waals surface area contributed by atoms with Crippen LogP contribution in [0.25, 0.3) is 0 Å². The lowest BCUT2D eigenvalue weighted by Crippen LogP contribution is -2.40. The maximum absolute atomic E-state index is 12.4. The number of nitrogens with zero attached hydrogens (tertiary/aromatic N) is 4. The summed E-state index contributed by atoms with van der Waals surface area (Å²) in [7, 11) is 0. The Balaban J connectivity index is 0.00000121. The van der Waals surface area contributed by atoms with Gasteiger partial charge in [0.05, 0.1) is 13.2 Å². The molecule has 0 amide bonds. The van der Waals surface area contributed by atoms with E-state index in [1.165, 1.54) is 12.8 Å². The Morgan fingerprint density at radius 3 is 2.39 bits per heavy atom. The fourth-order valence-corrected chi connectivity index (χ4v) is 4.14. The van der Waals surface area contributed by atoms with Crippen molar-refractivity contribution in [3.05, 3.63) is 46.6 Å². The van der Waals surface area contributed by atoms with Crippen LogP contribution in [0.1, 0.15) is 71.8 Å². The summed E-state index contributed by atoms with van der Waals surface area (Å²) in [5, 5.41) is 6.53. The first-order valence-corrected chi connectivity index (χ1v) is 14.7. The minimum Gasteiger partial charge on any atom is -0.375 e. The maximum atomic E-state index is 12.4. The first kappa shape index (κ1) is 31.9. The fraction of sp³-hybridized carbons (Fsp3) is 0.690. The van der Waals surface area contributed by atoms with Crippen molar-refractivity contribution in [3.8, 4) is 0 Å². The first-order valence-electron chi connectivity index (χ1n) is 14.7. The van der Waals surface area contributed by atoms with E-state index in [4.69, 9.17) is 10.5 Å². The predicted octanol–water partition coefficient (Wildman–Crippen LogP) is 4.15. The van der Waals surface area contributed by atoms with Crippen molar-refractivity contribution >= 4 is 11.6 Å². The average molecular weight is 530 g/mol. The highest BCUT2D eigenvalue weighted by Crippen LogP contribution is 2.27. The monoisotopic (exact) mass is 529 g/mol. The highest BCUT2D eigenvalue weighted by molar-refractivity contribution is 5.50. The van der Waals surface area contributed by atoms with Gasteiger partial charge in [0.1, 0.15) is 11.6 Å². The molecule has 0 aromatic carbocycles. The Hall–Kier alpha value is -2.33. The van der Waals surface area contributed by atoms with E-state index in [1.807, 2.05) is 45.9 Å². The van der Waals surface area contributed by atoms with Crippen LogP contribution in [0.15, 0.2) is 35.4 Å². The van der Waals surface area contributed by atoms with Crippen LogP contribution in [-0.4, -0.2) is 64.8 Å². The number of pyridine rings is 1. The van der Waals surface area contributed by atoms with Crippen molar-refractivity contribution in [2.45, 2.75) is 85.4 Å². The number of hydrogen-bond donors (Lipinski definition) is 3. The Morgan fingerprint density at radius 2 is 1.74 bits per heavy atom. The van der Waals surface area contributed by atoms with Crippen LogP contribution in [0, 0.1) is 5.92 Å². The molecule has 9 nitrogen and oxygen atoms in total.